The summed E-state index contributed by atoms with van der Waals surface area (Å²) in [6.07, 6.45) is 0.616. The molecule has 1 unspecified atom stereocenters. The normalized spacial score (nSPS) is 14.9. The Hall–Kier alpha value is -0.930. The average molecular weight is 239 g/mol. The van der Waals surface area contributed by atoms with Crippen molar-refractivity contribution < 1.29 is 9.50 Å². The molecule has 0 saturated carbocycles. The molecule has 96 valence electrons. The van der Waals surface area contributed by atoms with Crippen molar-refractivity contribution in [3.05, 3.63) is 35.6 Å². The predicted molar refractivity (Wildman–Crippen MR) is 68.3 cm³/mol. The first-order chi connectivity index (χ1) is 7.92. The second kappa shape index (κ2) is 6.12. The second-order valence-corrected chi connectivity index (χ2v) is 5.13. The van der Waals surface area contributed by atoms with Crippen LogP contribution in [-0.4, -0.2) is 18.2 Å². The summed E-state index contributed by atoms with van der Waals surface area (Å²) in [5.41, 5.74) is -0.150. The third-order valence-corrected chi connectivity index (χ3v) is 2.81. The van der Waals surface area contributed by atoms with Gasteiger partial charge in [-0.3, -0.25) is 0 Å². The van der Waals surface area contributed by atoms with Crippen LogP contribution in [0.3, 0.4) is 0 Å². The quantitative estimate of drug-likeness (QED) is 0.748. The maximum atomic E-state index is 12.8. The third-order valence-electron chi connectivity index (χ3n) is 2.81. The van der Waals surface area contributed by atoms with Crippen LogP contribution in [0.15, 0.2) is 24.3 Å². The van der Waals surface area contributed by atoms with Gasteiger partial charge in [0.05, 0.1) is 5.60 Å². The molecule has 1 aromatic carbocycles. The highest BCUT2D eigenvalue weighted by atomic mass is 19.1. The van der Waals surface area contributed by atoms with Gasteiger partial charge in [0.25, 0.3) is 0 Å². The molecule has 1 rings (SSSR count). The number of benzene rings is 1. The zero-order chi connectivity index (χ0) is 12.9. The Kier molecular flexibility index (Phi) is 5.09. The molecule has 3 heteroatoms. The van der Waals surface area contributed by atoms with Crippen LogP contribution in [0.4, 0.5) is 4.39 Å². The van der Waals surface area contributed by atoms with Gasteiger partial charge < -0.3 is 10.4 Å². The van der Waals surface area contributed by atoms with E-state index in [0.29, 0.717) is 12.3 Å². The van der Waals surface area contributed by atoms with Crippen LogP contribution in [0.1, 0.15) is 32.8 Å². The van der Waals surface area contributed by atoms with Crippen molar-refractivity contribution in [2.45, 2.75) is 32.8 Å². The fourth-order valence-corrected chi connectivity index (χ4v) is 1.68. The van der Waals surface area contributed by atoms with E-state index in [1.165, 1.54) is 12.1 Å². The van der Waals surface area contributed by atoms with Crippen molar-refractivity contribution in [2.24, 2.45) is 5.92 Å². The van der Waals surface area contributed by atoms with Crippen LogP contribution in [0.5, 0.6) is 0 Å². The standard InChI is InChI=1S/C14H22FNO/c1-11(2)10-16-9-8-14(3,17)12-4-6-13(15)7-5-12/h4-7,11,16-17H,8-10H2,1-3H3. The van der Waals surface area contributed by atoms with E-state index in [-0.39, 0.29) is 5.82 Å². The maximum absolute atomic E-state index is 12.8. The van der Waals surface area contributed by atoms with Gasteiger partial charge in [0.1, 0.15) is 5.82 Å². The second-order valence-electron chi connectivity index (χ2n) is 5.13. The molecule has 0 aliphatic carbocycles. The molecule has 0 aliphatic heterocycles. The van der Waals surface area contributed by atoms with Crippen LogP contribution in [0.2, 0.25) is 0 Å². The Morgan fingerprint density at radius 1 is 1.29 bits per heavy atom. The molecule has 2 nitrogen and oxygen atoms in total. The predicted octanol–water partition coefficient (Wildman–Crippen LogP) is 2.67. The summed E-state index contributed by atoms with van der Waals surface area (Å²) in [4.78, 5) is 0. The number of hydrogen-bond acceptors (Lipinski definition) is 2. The molecular formula is C14H22FNO. The fourth-order valence-electron chi connectivity index (χ4n) is 1.68. The molecule has 2 N–H and O–H groups in total. The molecule has 0 amide bonds. The van der Waals surface area contributed by atoms with Gasteiger partial charge in [-0.25, -0.2) is 4.39 Å². The number of nitrogens with one attached hydrogen (secondary N) is 1. The summed E-state index contributed by atoms with van der Waals surface area (Å²) in [5.74, 6) is 0.327. The highest BCUT2D eigenvalue weighted by Gasteiger charge is 2.22. The summed E-state index contributed by atoms with van der Waals surface area (Å²) in [6, 6.07) is 6.03. The molecule has 0 spiro atoms. The lowest BCUT2D eigenvalue weighted by Gasteiger charge is -2.24. The summed E-state index contributed by atoms with van der Waals surface area (Å²) in [6.45, 7) is 7.75. The summed E-state index contributed by atoms with van der Waals surface area (Å²) < 4.78 is 12.8. The van der Waals surface area contributed by atoms with Gasteiger partial charge in [-0.05, 0) is 50.0 Å². The number of hydrogen-bond donors (Lipinski definition) is 2. The van der Waals surface area contributed by atoms with Crippen LogP contribution in [0, 0.1) is 11.7 Å². The highest BCUT2D eigenvalue weighted by Crippen LogP contribution is 2.23. The Labute approximate surface area is 103 Å². The first-order valence-electron chi connectivity index (χ1n) is 6.11. The molecule has 0 fully saturated rings. The van der Waals surface area contributed by atoms with Crippen LogP contribution in [0.25, 0.3) is 0 Å². The molecule has 17 heavy (non-hydrogen) atoms. The summed E-state index contributed by atoms with van der Waals surface area (Å²) in [5, 5.41) is 13.6. The van der Waals surface area contributed by atoms with Crippen molar-refractivity contribution >= 4 is 0 Å². The zero-order valence-corrected chi connectivity index (χ0v) is 10.8. The Morgan fingerprint density at radius 3 is 2.41 bits per heavy atom. The van der Waals surface area contributed by atoms with Crippen molar-refractivity contribution in [3.8, 4) is 0 Å². The third kappa shape index (κ3) is 4.84. The lowest BCUT2D eigenvalue weighted by atomic mass is 9.92. The zero-order valence-electron chi connectivity index (χ0n) is 10.8. The van der Waals surface area contributed by atoms with Crippen LogP contribution >= 0.6 is 0 Å². The van der Waals surface area contributed by atoms with E-state index in [4.69, 9.17) is 0 Å². The van der Waals surface area contributed by atoms with Crippen molar-refractivity contribution in [2.75, 3.05) is 13.1 Å². The lowest BCUT2D eigenvalue weighted by molar-refractivity contribution is 0.0478. The van der Waals surface area contributed by atoms with Gasteiger partial charge in [0, 0.05) is 0 Å². The van der Waals surface area contributed by atoms with E-state index in [0.717, 1.165) is 18.7 Å². The molecule has 1 aromatic rings. The number of aliphatic hydroxyl groups is 1. The maximum Gasteiger partial charge on any atom is 0.123 e. The van der Waals surface area contributed by atoms with Gasteiger partial charge in [-0.1, -0.05) is 26.0 Å². The van der Waals surface area contributed by atoms with Crippen LogP contribution < -0.4 is 5.32 Å². The van der Waals surface area contributed by atoms with E-state index in [1.807, 2.05) is 0 Å². The van der Waals surface area contributed by atoms with Crippen molar-refractivity contribution in [1.29, 1.82) is 0 Å². The minimum atomic E-state index is -0.905. The SMILES string of the molecule is CC(C)CNCCC(C)(O)c1ccc(F)cc1. The van der Waals surface area contributed by atoms with Crippen molar-refractivity contribution in [3.63, 3.8) is 0 Å². The lowest BCUT2D eigenvalue weighted by Crippen LogP contribution is -2.29. The van der Waals surface area contributed by atoms with Crippen LogP contribution in [-0.2, 0) is 5.60 Å². The molecule has 0 heterocycles. The highest BCUT2D eigenvalue weighted by molar-refractivity contribution is 5.22. The molecule has 1 atom stereocenters. The topological polar surface area (TPSA) is 32.3 Å². The van der Waals surface area contributed by atoms with Gasteiger partial charge in [0.15, 0.2) is 0 Å². The van der Waals surface area contributed by atoms with E-state index in [2.05, 4.69) is 19.2 Å². The first kappa shape index (κ1) is 14.1. The van der Waals surface area contributed by atoms with Gasteiger partial charge in [-0.2, -0.15) is 0 Å². The Morgan fingerprint density at radius 2 is 1.88 bits per heavy atom. The number of rotatable bonds is 6. The molecule has 0 aromatic heterocycles. The molecule has 0 radical (unpaired) electrons. The van der Waals surface area contributed by atoms with Gasteiger partial charge in [-0.15, -0.1) is 0 Å². The van der Waals surface area contributed by atoms with E-state index >= 15 is 0 Å². The van der Waals surface area contributed by atoms with E-state index < -0.39 is 5.60 Å². The fraction of sp³-hybridized carbons (Fsp3) is 0.571. The van der Waals surface area contributed by atoms with Gasteiger partial charge >= 0.3 is 0 Å². The largest absolute Gasteiger partial charge is 0.385 e. The average Bonchev–Trinajstić information content (AvgIpc) is 2.25. The van der Waals surface area contributed by atoms with E-state index in [1.54, 1.807) is 19.1 Å². The Bertz CT molecular complexity index is 333. The smallest absolute Gasteiger partial charge is 0.123 e. The summed E-state index contributed by atoms with van der Waals surface area (Å²) in [7, 11) is 0. The molecule has 0 bridgehead atoms. The monoisotopic (exact) mass is 239 g/mol. The summed E-state index contributed by atoms with van der Waals surface area (Å²) >= 11 is 0. The van der Waals surface area contributed by atoms with Gasteiger partial charge in [0.2, 0.25) is 0 Å². The minimum Gasteiger partial charge on any atom is -0.385 e. The molecule has 0 saturated heterocycles. The van der Waals surface area contributed by atoms with E-state index in [9.17, 15) is 9.50 Å². The first-order valence-corrected chi connectivity index (χ1v) is 6.11. The minimum absolute atomic E-state index is 0.275. The molecule has 0 aliphatic rings. The van der Waals surface area contributed by atoms with Crippen molar-refractivity contribution in [1.82, 2.24) is 5.32 Å². The Balaban J connectivity index is 2.47. The molecular weight excluding hydrogens is 217 g/mol. The number of halogens is 1.